The molecule has 0 saturated carbocycles. The Morgan fingerprint density at radius 3 is 2.75 bits per heavy atom. The lowest BCUT2D eigenvalue weighted by atomic mass is 10.1. The average molecular weight is 345 g/mol. The third-order valence-corrected chi connectivity index (χ3v) is 4.87. The quantitative estimate of drug-likeness (QED) is 0.768. The van der Waals surface area contributed by atoms with Crippen LogP contribution >= 0.6 is 11.3 Å². The summed E-state index contributed by atoms with van der Waals surface area (Å²) in [5, 5.41) is 2.33. The van der Waals surface area contributed by atoms with Gasteiger partial charge in [0, 0.05) is 16.9 Å². The molecule has 3 rings (SSSR count). The number of hydrogen-bond donors (Lipinski definition) is 1. The summed E-state index contributed by atoms with van der Waals surface area (Å²) < 4.78 is 6.88. The molecule has 0 bridgehead atoms. The maximum atomic E-state index is 13.2. The van der Waals surface area contributed by atoms with E-state index in [4.69, 9.17) is 10.2 Å². The van der Waals surface area contributed by atoms with Crippen molar-refractivity contribution in [3.05, 3.63) is 40.0 Å². The second-order valence-electron chi connectivity index (χ2n) is 5.93. The first-order valence-electron chi connectivity index (χ1n) is 7.82. The highest BCUT2D eigenvalue weighted by Crippen LogP contribution is 2.32. The van der Waals surface area contributed by atoms with Crippen LogP contribution in [0.3, 0.4) is 0 Å². The maximum Gasteiger partial charge on any atom is 0.263 e. The van der Waals surface area contributed by atoms with Gasteiger partial charge in [-0.2, -0.15) is 0 Å². The van der Waals surface area contributed by atoms with Crippen molar-refractivity contribution in [3.63, 3.8) is 0 Å². The molecule has 24 heavy (non-hydrogen) atoms. The number of carbonyl (C=O) groups is 1. The number of nitrogens with zero attached hydrogens (tertiary/aromatic N) is 2. The second kappa shape index (κ2) is 6.24. The van der Waals surface area contributed by atoms with Gasteiger partial charge in [-0.3, -0.25) is 14.2 Å². The van der Waals surface area contributed by atoms with Gasteiger partial charge in [0.2, 0.25) is 5.91 Å². The molecule has 2 N–H and O–H groups in total. The summed E-state index contributed by atoms with van der Waals surface area (Å²) >= 11 is 1.39. The van der Waals surface area contributed by atoms with Gasteiger partial charge in [0.15, 0.2) is 0 Å². The second-order valence-corrected chi connectivity index (χ2v) is 6.79. The lowest BCUT2D eigenvalue weighted by Gasteiger charge is -2.20. The van der Waals surface area contributed by atoms with Crippen molar-refractivity contribution in [1.29, 1.82) is 0 Å². The first-order chi connectivity index (χ1) is 11.5. The molecule has 1 unspecified atom stereocenters. The fourth-order valence-corrected chi connectivity index (χ4v) is 3.78. The van der Waals surface area contributed by atoms with E-state index in [0.717, 1.165) is 0 Å². The van der Waals surface area contributed by atoms with Gasteiger partial charge in [0.25, 0.3) is 5.56 Å². The molecule has 0 aliphatic carbocycles. The number of thiophene rings is 1. The normalized spacial score (nSPS) is 12.8. The molecule has 3 aromatic heterocycles. The molecule has 7 heteroatoms. The summed E-state index contributed by atoms with van der Waals surface area (Å²) in [5.74, 6) is 0.643. The van der Waals surface area contributed by atoms with Crippen LogP contribution in [0.1, 0.15) is 45.0 Å². The van der Waals surface area contributed by atoms with Crippen molar-refractivity contribution in [2.45, 2.75) is 39.2 Å². The predicted octanol–water partition coefficient (Wildman–Crippen LogP) is 3.28. The SMILES string of the molecule is CCC(C(N)=O)n1c(C(C)C)nc2scc(-c3ccco3)c2c1=O. The van der Waals surface area contributed by atoms with Crippen molar-refractivity contribution in [2.24, 2.45) is 5.73 Å². The number of furan rings is 1. The largest absolute Gasteiger partial charge is 0.464 e. The van der Waals surface area contributed by atoms with Crippen LogP contribution in [-0.4, -0.2) is 15.5 Å². The third kappa shape index (κ3) is 2.54. The van der Waals surface area contributed by atoms with Crippen LogP contribution < -0.4 is 11.3 Å². The van der Waals surface area contributed by atoms with E-state index in [9.17, 15) is 9.59 Å². The molecule has 6 nitrogen and oxygen atoms in total. The summed E-state index contributed by atoms with van der Waals surface area (Å²) in [4.78, 5) is 30.4. The van der Waals surface area contributed by atoms with E-state index in [1.807, 2.05) is 26.2 Å². The molecule has 0 aromatic carbocycles. The molecule has 0 saturated heterocycles. The van der Waals surface area contributed by atoms with Crippen LogP contribution in [0.4, 0.5) is 0 Å². The Hall–Kier alpha value is -2.41. The van der Waals surface area contributed by atoms with Gasteiger partial charge < -0.3 is 10.2 Å². The first-order valence-corrected chi connectivity index (χ1v) is 8.70. The molecule has 126 valence electrons. The van der Waals surface area contributed by atoms with Gasteiger partial charge in [-0.25, -0.2) is 4.98 Å². The molecular formula is C17H19N3O3S. The number of hydrogen-bond acceptors (Lipinski definition) is 5. The van der Waals surface area contributed by atoms with E-state index in [1.54, 1.807) is 18.4 Å². The summed E-state index contributed by atoms with van der Waals surface area (Å²) in [6.45, 7) is 5.72. The Bertz CT molecular complexity index is 938. The zero-order chi connectivity index (χ0) is 17.4. The van der Waals surface area contributed by atoms with Gasteiger partial charge in [-0.05, 0) is 18.6 Å². The Kier molecular flexibility index (Phi) is 4.28. The van der Waals surface area contributed by atoms with E-state index < -0.39 is 11.9 Å². The van der Waals surface area contributed by atoms with Gasteiger partial charge in [-0.1, -0.05) is 20.8 Å². The Balaban J connectivity index is 2.38. The molecule has 0 spiro atoms. The van der Waals surface area contributed by atoms with Crippen molar-refractivity contribution in [1.82, 2.24) is 9.55 Å². The minimum Gasteiger partial charge on any atom is -0.464 e. The standard InChI is InChI=1S/C17H19N3O3S/c1-4-11(14(18)21)20-15(9(2)3)19-16-13(17(20)22)10(8-24-16)12-6-5-7-23-12/h5-9,11H,4H2,1-3H3,(H2,18,21). The Morgan fingerprint density at radius 1 is 1.46 bits per heavy atom. The molecule has 3 aromatic rings. The van der Waals surface area contributed by atoms with Crippen LogP contribution in [0.5, 0.6) is 0 Å². The number of rotatable bonds is 5. The van der Waals surface area contributed by atoms with Crippen LogP contribution in [0, 0.1) is 0 Å². The molecule has 0 aliphatic heterocycles. The number of nitrogens with two attached hydrogens (primary N) is 1. The molecular weight excluding hydrogens is 326 g/mol. The van der Waals surface area contributed by atoms with Crippen LogP contribution in [0.25, 0.3) is 21.5 Å². The highest BCUT2D eigenvalue weighted by atomic mass is 32.1. The van der Waals surface area contributed by atoms with Gasteiger partial charge in [0.05, 0.1) is 11.6 Å². The van der Waals surface area contributed by atoms with E-state index in [0.29, 0.717) is 33.8 Å². The van der Waals surface area contributed by atoms with E-state index in [2.05, 4.69) is 4.98 Å². The molecule has 1 atom stereocenters. The highest BCUT2D eigenvalue weighted by Gasteiger charge is 2.26. The smallest absolute Gasteiger partial charge is 0.263 e. The average Bonchev–Trinajstić information content (AvgIpc) is 3.17. The summed E-state index contributed by atoms with van der Waals surface area (Å²) in [5.41, 5.74) is 5.97. The fourth-order valence-electron chi connectivity index (χ4n) is 2.85. The minimum atomic E-state index is -0.712. The van der Waals surface area contributed by atoms with Crippen molar-refractivity contribution >= 4 is 27.5 Å². The number of aromatic nitrogens is 2. The van der Waals surface area contributed by atoms with Gasteiger partial charge in [-0.15, -0.1) is 11.3 Å². The van der Waals surface area contributed by atoms with E-state index in [-0.39, 0.29) is 11.5 Å². The number of fused-ring (bicyclic) bond motifs is 1. The zero-order valence-corrected chi connectivity index (χ0v) is 14.6. The molecule has 1 amide bonds. The van der Waals surface area contributed by atoms with Crippen molar-refractivity contribution in [3.8, 4) is 11.3 Å². The van der Waals surface area contributed by atoms with Gasteiger partial charge in [0.1, 0.15) is 22.5 Å². The third-order valence-electron chi connectivity index (χ3n) is 4.00. The van der Waals surface area contributed by atoms with Crippen LogP contribution in [-0.2, 0) is 4.79 Å². The Labute approximate surface area is 142 Å². The van der Waals surface area contributed by atoms with E-state index >= 15 is 0 Å². The lowest BCUT2D eigenvalue weighted by Crippen LogP contribution is -2.36. The molecule has 0 aliphatic rings. The highest BCUT2D eigenvalue weighted by molar-refractivity contribution is 7.17. The summed E-state index contributed by atoms with van der Waals surface area (Å²) in [7, 11) is 0. The number of amides is 1. The summed E-state index contributed by atoms with van der Waals surface area (Å²) in [6.07, 6.45) is 1.99. The minimum absolute atomic E-state index is 0.00957. The lowest BCUT2D eigenvalue weighted by molar-refractivity contribution is -0.121. The van der Waals surface area contributed by atoms with Crippen LogP contribution in [0.2, 0.25) is 0 Å². The molecule has 0 radical (unpaired) electrons. The maximum absolute atomic E-state index is 13.2. The Morgan fingerprint density at radius 2 is 2.21 bits per heavy atom. The topological polar surface area (TPSA) is 91.1 Å². The van der Waals surface area contributed by atoms with Gasteiger partial charge >= 0.3 is 0 Å². The molecule has 0 fully saturated rings. The zero-order valence-electron chi connectivity index (χ0n) is 13.8. The van der Waals surface area contributed by atoms with Crippen LogP contribution in [0.15, 0.2) is 33.0 Å². The van der Waals surface area contributed by atoms with Crippen molar-refractivity contribution in [2.75, 3.05) is 0 Å². The predicted molar refractivity (Wildman–Crippen MR) is 94.2 cm³/mol. The first kappa shape index (κ1) is 16.4. The molecule has 3 heterocycles. The van der Waals surface area contributed by atoms with E-state index in [1.165, 1.54) is 15.9 Å². The number of primary amides is 1. The van der Waals surface area contributed by atoms with Crippen molar-refractivity contribution < 1.29 is 9.21 Å². The monoisotopic (exact) mass is 345 g/mol. The fraction of sp³-hybridized carbons (Fsp3) is 0.353. The summed E-state index contributed by atoms with van der Waals surface area (Å²) in [6, 6.07) is 2.86. The number of carbonyl (C=O) groups excluding carboxylic acids is 1.